The van der Waals surface area contributed by atoms with Gasteiger partial charge in [0.15, 0.2) is 0 Å². The van der Waals surface area contributed by atoms with Crippen LogP contribution in [0.25, 0.3) is 21.7 Å². The lowest BCUT2D eigenvalue weighted by atomic mass is 10.1. The zero-order valence-electron chi connectivity index (χ0n) is 6.86. The Morgan fingerprint density at radius 1 is 1.00 bits per heavy atom. The lowest BCUT2D eigenvalue weighted by molar-refractivity contribution is 1.12. The molecule has 3 nitrogen and oxygen atoms in total. The van der Waals surface area contributed by atoms with Crippen LogP contribution in [0.3, 0.4) is 0 Å². The number of pyridine rings is 1. The number of hydrogen-bond acceptors (Lipinski definition) is 2. The molecule has 0 saturated heterocycles. The Morgan fingerprint density at radius 3 is 3.00 bits per heavy atom. The third-order valence-corrected chi connectivity index (χ3v) is 2.20. The second-order valence-corrected chi connectivity index (χ2v) is 3.03. The number of H-pyrrole nitrogens is 1. The number of nitrogens with zero attached hydrogens (tertiary/aromatic N) is 2. The van der Waals surface area contributed by atoms with E-state index in [1.807, 2.05) is 18.5 Å². The predicted octanol–water partition coefficient (Wildman–Crippen LogP) is 2.11. The molecule has 0 radical (unpaired) electrons. The molecule has 0 spiro atoms. The molecule has 0 aliphatic carbocycles. The first-order chi connectivity index (χ1) is 6.43. The van der Waals surface area contributed by atoms with Crippen molar-refractivity contribution in [2.75, 3.05) is 0 Å². The average molecular weight is 169 g/mol. The third kappa shape index (κ3) is 0.902. The van der Waals surface area contributed by atoms with E-state index in [1.165, 1.54) is 5.39 Å². The van der Waals surface area contributed by atoms with Crippen molar-refractivity contribution in [1.82, 2.24) is 15.2 Å². The molecule has 1 N–H and O–H groups in total. The van der Waals surface area contributed by atoms with Crippen molar-refractivity contribution < 1.29 is 0 Å². The molecule has 0 aliphatic heterocycles. The van der Waals surface area contributed by atoms with E-state index in [0.29, 0.717) is 0 Å². The minimum absolute atomic E-state index is 1.07. The summed E-state index contributed by atoms with van der Waals surface area (Å²) in [7, 11) is 0. The maximum Gasteiger partial charge on any atom is 0.0656 e. The first-order valence-electron chi connectivity index (χ1n) is 4.10. The van der Waals surface area contributed by atoms with Crippen LogP contribution in [0.2, 0.25) is 0 Å². The summed E-state index contributed by atoms with van der Waals surface area (Å²) in [5, 5.41) is 10.4. The van der Waals surface area contributed by atoms with Gasteiger partial charge in [-0.3, -0.25) is 10.1 Å². The van der Waals surface area contributed by atoms with Gasteiger partial charge in [-0.25, -0.2) is 0 Å². The van der Waals surface area contributed by atoms with Gasteiger partial charge in [0.2, 0.25) is 0 Å². The van der Waals surface area contributed by atoms with Crippen LogP contribution < -0.4 is 0 Å². The average Bonchev–Trinajstić information content (AvgIpc) is 2.61. The van der Waals surface area contributed by atoms with Crippen LogP contribution in [-0.2, 0) is 0 Å². The predicted molar refractivity (Wildman–Crippen MR) is 51.4 cm³/mol. The zero-order chi connectivity index (χ0) is 8.67. The number of hydrogen-bond donors (Lipinski definition) is 1. The molecule has 3 heteroatoms. The fourth-order valence-electron chi connectivity index (χ4n) is 1.53. The number of nitrogens with one attached hydrogen (secondary N) is 1. The quantitative estimate of drug-likeness (QED) is 0.560. The highest BCUT2D eigenvalue weighted by molar-refractivity contribution is 5.95. The molecule has 0 amide bonds. The van der Waals surface area contributed by atoms with Crippen molar-refractivity contribution in [2.45, 2.75) is 0 Å². The van der Waals surface area contributed by atoms with Gasteiger partial charge >= 0.3 is 0 Å². The Balaban J connectivity index is 2.57. The fraction of sp³-hybridized carbons (Fsp3) is 0. The molecule has 0 fully saturated rings. The number of benzene rings is 1. The van der Waals surface area contributed by atoms with Gasteiger partial charge in [0.05, 0.1) is 11.7 Å². The SMILES string of the molecule is c1cc2cc3[nH]ncc3cc2cn1. The van der Waals surface area contributed by atoms with E-state index in [1.54, 1.807) is 6.20 Å². The lowest BCUT2D eigenvalue weighted by Crippen LogP contribution is -1.75. The summed E-state index contributed by atoms with van der Waals surface area (Å²) in [5.74, 6) is 0. The molecular formula is C10H7N3. The van der Waals surface area contributed by atoms with Gasteiger partial charge in [-0.1, -0.05) is 0 Å². The summed E-state index contributed by atoms with van der Waals surface area (Å²) in [6, 6.07) is 6.16. The van der Waals surface area contributed by atoms with Crippen LogP contribution in [0.15, 0.2) is 36.8 Å². The van der Waals surface area contributed by atoms with E-state index >= 15 is 0 Å². The second kappa shape index (κ2) is 2.29. The first-order valence-corrected chi connectivity index (χ1v) is 4.10. The minimum atomic E-state index is 1.07. The molecule has 3 aromatic rings. The van der Waals surface area contributed by atoms with Gasteiger partial charge in [-0.2, -0.15) is 5.10 Å². The normalized spacial score (nSPS) is 11.1. The molecule has 0 aliphatic rings. The van der Waals surface area contributed by atoms with Crippen LogP contribution in [0.1, 0.15) is 0 Å². The molecule has 13 heavy (non-hydrogen) atoms. The number of fused-ring (bicyclic) bond motifs is 2. The molecular weight excluding hydrogens is 162 g/mol. The van der Waals surface area contributed by atoms with E-state index in [0.717, 1.165) is 16.3 Å². The molecule has 2 heterocycles. The smallest absolute Gasteiger partial charge is 0.0656 e. The molecule has 0 saturated carbocycles. The van der Waals surface area contributed by atoms with Crippen molar-refractivity contribution in [1.29, 1.82) is 0 Å². The number of aromatic amines is 1. The molecule has 0 bridgehead atoms. The molecule has 1 aromatic carbocycles. The third-order valence-electron chi connectivity index (χ3n) is 2.20. The monoisotopic (exact) mass is 169 g/mol. The van der Waals surface area contributed by atoms with Gasteiger partial charge in [0.1, 0.15) is 0 Å². The van der Waals surface area contributed by atoms with E-state index in [2.05, 4.69) is 27.3 Å². The summed E-state index contributed by atoms with van der Waals surface area (Å²) < 4.78 is 0. The van der Waals surface area contributed by atoms with Gasteiger partial charge in [0, 0.05) is 23.2 Å². The number of rotatable bonds is 0. The van der Waals surface area contributed by atoms with E-state index < -0.39 is 0 Å². The van der Waals surface area contributed by atoms with Crippen LogP contribution in [0.4, 0.5) is 0 Å². The summed E-state index contributed by atoms with van der Waals surface area (Å²) in [6.07, 6.45) is 5.48. The van der Waals surface area contributed by atoms with Crippen molar-refractivity contribution >= 4 is 21.7 Å². The Hall–Kier alpha value is -1.90. The van der Waals surface area contributed by atoms with Gasteiger partial charge in [0.25, 0.3) is 0 Å². The van der Waals surface area contributed by atoms with Crippen LogP contribution in [0.5, 0.6) is 0 Å². The fourth-order valence-corrected chi connectivity index (χ4v) is 1.53. The van der Waals surface area contributed by atoms with Crippen LogP contribution in [0, 0.1) is 0 Å². The number of aromatic nitrogens is 3. The van der Waals surface area contributed by atoms with E-state index in [-0.39, 0.29) is 0 Å². The molecule has 62 valence electrons. The minimum Gasteiger partial charge on any atom is -0.278 e. The zero-order valence-corrected chi connectivity index (χ0v) is 6.86. The first kappa shape index (κ1) is 6.60. The Labute approximate surface area is 74.4 Å². The Bertz CT molecular complexity index is 519. The summed E-state index contributed by atoms with van der Waals surface area (Å²) in [4.78, 5) is 4.07. The van der Waals surface area contributed by atoms with Gasteiger partial charge in [-0.05, 0) is 23.6 Å². The van der Waals surface area contributed by atoms with Crippen LogP contribution in [-0.4, -0.2) is 15.2 Å². The standard InChI is InChI=1S/C10H7N3/c1-2-11-5-8-3-9-6-12-13-10(9)4-7(1)8/h1-6H,(H,12,13). The highest BCUT2D eigenvalue weighted by Gasteiger charge is 1.97. The summed E-state index contributed by atoms with van der Waals surface area (Å²) >= 11 is 0. The largest absolute Gasteiger partial charge is 0.278 e. The summed E-state index contributed by atoms with van der Waals surface area (Å²) in [5.41, 5.74) is 1.07. The van der Waals surface area contributed by atoms with Crippen molar-refractivity contribution in [3.05, 3.63) is 36.8 Å². The molecule has 2 aromatic heterocycles. The van der Waals surface area contributed by atoms with Crippen molar-refractivity contribution in [3.63, 3.8) is 0 Å². The summed E-state index contributed by atoms with van der Waals surface area (Å²) in [6.45, 7) is 0. The molecule has 3 rings (SSSR count). The topological polar surface area (TPSA) is 41.6 Å². The maximum absolute atomic E-state index is 4.07. The highest BCUT2D eigenvalue weighted by Crippen LogP contribution is 2.19. The molecule has 0 unspecified atom stereocenters. The maximum atomic E-state index is 4.07. The lowest BCUT2D eigenvalue weighted by Gasteiger charge is -1.95. The van der Waals surface area contributed by atoms with E-state index in [9.17, 15) is 0 Å². The van der Waals surface area contributed by atoms with Crippen molar-refractivity contribution in [2.24, 2.45) is 0 Å². The van der Waals surface area contributed by atoms with Crippen molar-refractivity contribution in [3.8, 4) is 0 Å². The van der Waals surface area contributed by atoms with Crippen LogP contribution >= 0.6 is 0 Å². The second-order valence-electron chi connectivity index (χ2n) is 3.03. The van der Waals surface area contributed by atoms with Gasteiger partial charge < -0.3 is 0 Å². The Kier molecular flexibility index (Phi) is 1.16. The Morgan fingerprint density at radius 2 is 2.00 bits per heavy atom. The van der Waals surface area contributed by atoms with Gasteiger partial charge in [-0.15, -0.1) is 0 Å². The highest BCUT2D eigenvalue weighted by atomic mass is 15.1. The molecule has 0 atom stereocenters. The van der Waals surface area contributed by atoms with E-state index in [4.69, 9.17) is 0 Å².